The summed E-state index contributed by atoms with van der Waals surface area (Å²) in [4.78, 5) is 11.7. The van der Waals surface area contributed by atoms with Gasteiger partial charge in [0, 0.05) is 17.5 Å². The summed E-state index contributed by atoms with van der Waals surface area (Å²) in [6.07, 6.45) is 0.797. The summed E-state index contributed by atoms with van der Waals surface area (Å²) in [6.45, 7) is 0.593. The van der Waals surface area contributed by atoms with Crippen LogP contribution in [0, 0.1) is 21.4 Å². The lowest BCUT2D eigenvalue weighted by molar-refractivity contribution is -0.384. The molecule has 0 amide bonds. The molecule has 0 aliphatic heterocycles. The second-order valence-corrected chi connectivity index (χ2v) is 4.89. The third-order valence-electron chi connectivity index (χ3n) is 2.59. The highest BCUT2D eigenvalue weighted by atomic mass is 32.1. The van der Waals surface area contributed by atoms with Crippen LogP contribution in [0.1, 0.15) is 10.4 Å². The van der Waals surface area contributed by atoms with E-state index in [0.29, 0.717) is 17.8 Å². The lowest BCUT2D eigenvalue weighted by Gasteiger charge is -2.06. The number of hydrogen-bond donors (Lipinski definition) is 1. The standard InChI is InChI=1S/C13H11N3O2S/c14-9-10-3-4-13(16(17)18)12(8-10)15-6-5-11-2-1-7-19-11/h1-4,7-8,15H,5-6H2. The number of nitrogens with one attached hydrogen (secondary N) is 1. The lowest BCUT2D eigenvalue weighted by Crippen LogP contribution is -2.06. The molecule has 0 radical (unpaired) electrons. The zero-order valence-electron chi connectivity index (χ0n) is 10.00. The molecule has 1 heterocycles. The molecule has 0 atom stereocenters. The molecular weight excluding hydrogens is 262 g/mol. The number of thiophene rings is 1. The van der Waals surface area contributed by atoms with Crippen molar-refractivity contribution in [1.29, 1.82) is 5.26 Å². The SMILES string of the molecule is N#Cc1ccc([N+](=O)[O-])c(NCCc2cccs2)c1. The summed E-state index contributed by atoms with van der Waals surface area (Å²) >= 11 is 1.65. The third kappa shape index (κ3) is 3.30. The Morgan fingerprint density at radius 1 is 1.42 bits per heavy atom. The van der Waals surface area contributed by atoms with Crippen molar-refractivity contribution in [3.8, 4) is 6.07 Å². The highest BCUT2D eigenvalue weighted by Crippen LogP contribution is 2.25. The van der Waals surface area contributed by atoms with E-state index in [9.17, 15) is 10.1 Å². The Morgan fingerprint density at radius 3 is 2.89 bits per heavy atom. The summed E-state index contributed by atoms with van der Waals surface area (Å²) < 4.78 is 0. The van der Waals surface area contributed by atoms with Crippen LogP contribution in [0.3, 0.4) is 0 Å². The second kappa shape index (κ2) is 5.98. The summed E-state index contributed by atoms with van der Waals surface area (Å²) in [5.74, 6) is 0. The maximum atomic E-state index is 10.9. The number of nitro groups is 1. The predicted molar refractivity (Wildman–Crippen MR) is 74.3 cm³/mol. The van der Waals surface area contributed by atoms with Crippen molar-refractivity contribution in [3.05, 3.63) is 56.3 Å². The van der Waals surface area contributed by atoms with Gasteiger partial charge in [0.05, 0.1) is 16.6 Å². The molecule has 1 aromatic heterocycles. The van der Waals surface area contributed by atoms with E-state index in [1.165, 1.54) is 23.1 Å². The molecule has 0 fully saturated rings. The van der Waals surface area contributed by atoms with Crippen LogP contribution in [0.2, 0.25) is 0 Å². The van der Waals surface area contributed by atoms with E-state index in [4.69, 9.17) is 5.26 Å². The normalized spacial score (nSPS) is 9.84. The van der Waals surface area contributed by atoms with Crippen LogP contribution in [0.4, 0.5) is 11.4 Å². The fraction of sp³-hybridized carbons (Fsp3) is 0.154. The molecule has 6 heteroatoms. The Kier molecular flexibility index (Phi) is 4.11. The molecule has 0 aliphatic rings. The van der Waals surface area contributed by atoms with Crippen LogP contribution >= 0.6 is 11.3 Å². The molecule has 2 aromatic rings. The van der Waals surface area contributed by atoms with Gasteiger partial charge in [-0.05, 0) is 30.0 Å². The number of nitriles is 1. The van der Waals surface area contributed by atoms with E-state index in [0.717, 1.165) is 6.42 Å². The first-order valence-corrected chi connectivity index (χ1v) is 6.53. The van der Waals surface area contributed by atoms with E-state index in [1.54, 1.807) is 11.3 Å². The first-order chi connectivity index (χ1) is 9.20. The maximum Gasteiger partial charge on any atom is 0.292 e. The monoisotopic (exact) mass is 273 g/mol. The summed E-state index contributed by atoms with van der Waals surface area (Å²) in [5, 5.41) is 24.7. The van der Waals surface area contributed by atoms with Crippen LogP contribution in [0.5, 0.6) is 0 Å². The molecule has 1 N–H and O–H groups in total. The molecule has 0 saturated carbocycles. The smallest absolute Gasteiger partial charge is 0.292 e. The summed E-state index contributed by atoms with van der Waals surface area (Å²) in [7, 11) is 0. The zero-order valence-corrected chi connectivity index (χ0v) is 10.8. The van der Waals surface area contributed by atoms with Gasteiger partial charge in [-0.2, -0.15) is 5.26 Å². The topological polar surface area (TPSA) is 79.0 Å². The van der Waals surface area contributed by atoms with Crippen molar-refractivity contribution in [1.82, 2.24) is 0 Å². The van der Waals surface area contributed by atoms with Crippen molar-refractivity contribution in [2.75, 3.05) is 11.9 Å². The fourth-order valence-corrected chi connectivity index (χ4v) is 2.39. The van der Waals surface area contributed by atoms with E-state index in [1.807, 2.05) is 23.6 Å². The van der Waals surface area contributed by atoms with E-state index < -0.39 is 4.92 Å². The average Bonchev–Trinajstić information content (AvgIpc) is 2.91. The van der Waals surface area contributed by atoms with Gasteiger partial charge in [-0.25, -0.2) is 0 Å². The molecule has 2 rings (SSSR count). The van der Waals surface area contributed by atoms with Gasteiger partial charge < -0.3 is 5.32 Å². The largest absolute Gasteiger partial charge is 0.379 e. The minimum Gasteiger partial charge on any atom is -0.379 e. The second-order valence-electron chi connectivity index (χ2n) is 3.86. The van der Waals surface area contributed by atoms with Gasteiger partial charge in [0.25, 0.3) is 5.69 Å². The number of nitro benzene ring substituents is 1. The molecule has 0 saturated heterocycles. The number of rotatable bonds is 5. The van der Waals surface area contributed by atoms with Crippen LogP contribution in [-0.4, -0.2) is 11.5 Å². The van der Waals surface area contributed by atoms with E-state index in [2.05, 4.69) is 5.32 Å². The Bertz CT molecular complexity index is 617. The van der Waals surface area contributed by atoms with Crippen molar-refractivity contribution >= 4 is 22.7 Å². The van der Waals surface area contributed by atoms with Crippen LogP contribution in [-0.2, 0) is 6.42 Å². The number of hydrogen-bond acceptors (Lipinski definition) is 5. The Morgan fingerprint density at radius 2 is 2.26 bits per heavy atom. The first kappa shape index (κ1) is 13.1. The summed E-state index contributed by atoms with van der Waals surface area (Å²) in [5.41, 5.74) is 0.787. The van der Waals surface area contributed by atoms with E-state index in [-0.39, 0.29) is 5.69 Å². The zero-order chi connectivity index (χ0) is 13.7. The fourth-order valence-electron chi connectivity index (χ4n) is 1.68. The van der Waals surface area contributed by atoms with Gasteiger partial charge in [-0.15, -0.1) is 11.3 Å². The molecule has 1 aromatic carbocycles. The van der Waals surface area contributed by atoms with E-state index >= 15 is 0 Å². The van der Waals surface area contributed by atoms with Crippen molar-refractivity contribution < 1.29 is 4.92 Å². The number of anilines is 1. The Balaban J connectivity index is 2.09. The van der Waals surface area contributed by atoms with Crippen LogP contribution in [0.15, 0.2) is 35.7 Å². The highest BCUT2D eigenvalue weighted by Gasteiger charge is 2.13. The quantitative estimate of drug-likeness (QED) is 0.670. The molecule has 0 unspecified atom stereocenters. The van der Waals surface area contributed by atoms with Crippen LogP contribution in [0.25, 0.3) is 0 Å². The molecule has 96 valence electrons. The van der Waals surface area contributed by atoms with Gasteiger partial charge in [0.2, 0.25) is 0 Å². The number of nitrogens with zero attached hydrogens (tertiary/aromatic N) is 2. The highest BCUT2D eigenvalue weighted by molar-refractivity contribution is 7.09. The van der Waals surface area contributed by atoms with Crippen LogP contribution < -0.4 is 5.32 Å². The minimum atomic E-state index is -0.450. The molecule has 19 heavy (non-hydrogen) atoms. The van der Waals surface area contributed by atoms with Crippen molar-refractivity contribution in [2.24, 2.45) is 0 Å². The van der Waals surface area contributed by atoms with Gasteiger partial charge in [0.15, 0.2) is 0 Å². The van der Waals surface area contributed by atoms with Gasteiger partial charge >= 0.3 is 0 Å². The van der Waals surface area contributed by atoms with Gasteiger partial charge in [0.1, 0.15) is 5.69 Å². The maximum absolute atomic E-state index is 10.9. The first-order valence-electron chi connectivity index (χ1n) is 5.65. The lowest BCUT2D eigenvalue weighted by atomic mass is 10.2. The van der Waals surface area contributed by atoms with Gasteiger partial charge in [-0.1, -0.05) is 6.07 Å². The minimum absolute atomic E-state index is 0.00909. The van der Waals surface area contributed by atoms with Crippen molar-refractivity contribution in [3.63, 3.8) is 0 Å². The predicted octanol–water partition coefficient (Wildman–Crippen LogP) is 3.18. The Hall–Kier alpha value is -2.39. The van der Waals surface area contributed by atoms with Gasteiger partial charge in [-0.3, -0.25) is 10.1 Å². The molecule has 5 nitrogen and oxygen atoms in total. The number of benzene rings is 1. The molecule has 0 aliphatic carbocycles. The third-order valence-corrected chi connectivity index (χ3v) is 3.53. The summed E-state index contributed by atoms with van der Waals surface area (Å²) in [6, 6.07) is 10.3. The Labute approximate surface area is 114 Å². The average molecular weight is 273 g/mol. The van der Waals surface area contributed by atoms with Crippen molar-refractivity contribution in [2.45, 2.75) is 6.42 Å². The molecule has 0 spiro atoms. The molecule has 0 bridgehead atoms. The molecular formula is C13H11N3O2S.